The summed E-state index contributed by atoms with van der Waals surface area (Å²) in [5, 5.41) is 14.2. The first-order valence-corrected chi connectivity index (χ1v) is 7.60. The summed E-state index contributed by atoms with van der Waals surface area (Å²) < 4.78 is 0. The zero-order valence-electron chi connectivity index (χ0n) is 11.7. The van der Waals surface area contributed by atoms with E-state index in [1.807, 2.05) is 7.05 Å². The Morgan fingerprint density at radius 2 is 2.00 bits per heavy atom. The molecule has 0 radical (unpaired) electrons. The molecule has 0 unspecified atom stereocenters. The van der Waals surface area contributed by atoms with Gasteiger partial charge in [-0.05, 0) is 19.2 Å². The van der Waals surface area contributed by atoms with E-state index in [0.717, 1.165) is 44.8 Å². The van der Waals surface area contributed by atoms with Crippen LogP contribution in [0.5, 0.6) is 5.75 Å². The maximum Gasteiger partial charge on any atom is 0.138 e. The first kappa shape index (κ1) is 15.9. The third kappa shape index (κ3) is 4.50. The van der Waals surface area contributed by atoms with Gasteiger partial charge in [0.15, 0.2) is 0 Å². The molecule has 20 heavy (non-hydrogen) atoms. The van der Waals surface area contributed by atoms with Crippen LogP contribution in [0.3, 0.4) is 0 Å². The molecule has 0 amide bonds. The fourth-order valence-electron chi connectivity index (χ4n) is 2.36. The number of phenolic OH excluding ortho intramolecular Hbond substituents is 1. The molecular formula is C14H21Cl2N3O. The fourth-order valence-corrected chi connectivity index (χ4v) is 2.89. The van der Waals surface area contributed by atoms with E-state index in [4.69, 9.17) is 23.2 Å². The summed E-state index contributed by atoms with van der Waals surface area (Å²) in [6, 6.07) is 3.33. The van der Waals surface area contributed by atoms with Crippen molar-refractivity contribution in [2.24, 2.45) is 0 Å². The summed E-state index contributed by atoms with van der Waals surface area (Å²) in [6.07, 6.45) is 0. The Morgan fingerprint density at radius 3 is 2.70 bits per heavy atom. The van der Waals surface area contributed by atoms with Gasteiger partial charge < -0.3 is 15.3 Å². The first-order valence-electron chi connectivity index (χ1n) is 6.85. The van der Waals surface area contributed by atoms with E-state index < -0.39 is 0 Å². The Kier molecular flexibility index (Phi) is 5.93. The topological polar surface area (TPSA) is 38.7 Å². The lowest BCUT2D eigenvalue weighted by Crippen LogP contribution is -2.45. The molecule has 1 aromatic rings. The van der Waals surface area contributed by atoms with Crippen molar-refractivity contribution < 1.29 is 5.11 Å². The molecule has 1 heterocycles. The largest absolute Gasteiger partial charge is 0.506 e. The number of benzene rings is 1. The molecule has 0 spiro atoms. The van der Waals surface area contributed by atoms with Gasteiger partial charge in [0.2, 0.25) is 0 Å². The molecule has 1 aliphatic rings. The summed E-state index contributed by atoms with van der Waals surface area (Å²) >= 11 is 11.9. The second kappa shape index (κ2) is 7.48. The highest BCUT2D eigenvalue weighted by Crippen LogP contribution is 2.31. The minimum Gasteiger partial charge on any atom is -0.506 e. The second-order valence-corrected chi connectivity index (χ2v) is 6.07. The van der Waals surface area contributed by atoms with E-state index in [1.54, 1.807) is 12.1 Å². The number of phenols is 1. The van der Waals surface area contributed by atoms with Crippen molar-refractivity contribution in [3.63, 3.8) is 0 Å². The molecular weight excluding hydrogens is 297 g/mol. The van der Waals surface area contributed by atoms with E-state index in [2.05, 4.69) is 15.1 Å². The highest BCUT2D eigenvalue weighted by molar-refractivity contribution is 6.35. The van der Waals surface area contributed by atoms with Crippen molar-refractivity contribution >= 4 is 23.2 Å². The Labute approximate surface area is 130 Å². The summed E-state index contributed by atoms with van der Waals surface area (Å²) in [7, 11) is 2.04. The Hall–Kier alpha value is -0.520. The second-order valence-electron chi connectivity index (χ2n) is 5.22. The number of likely N-dealkylation sites (N-methyl/N-ethyl adjacent to an activating group) is 1. The van der Waals surface area contributed by atoms with Gasteiger partial charge in [0.1, 0.15) is 5.75 Å². The van der Waals surface area contributed by atoms with Crippen molar-refractivity contribution in [3.8, 4) is 5.75 Å². The van der Waals surface area contributed by atoms with Gasteiger partial charge in [-0.2, -0.15) is 0 Å². The first-order chi connectivity index (χ1) is 9.56. The van der Waals surface area contributed by atoms with Crippen LogP contribution >= 0.6 is 23.2 Å². The quantitative estimate of drug-likeness (QED) is 0.871. The summed E-state index contributed by atoms with van der Waals surface area (Å²) in [5.41, 5.74) is 0.769. The molecule has 2 rings (SSSR count). The molecule has 2 N–H and O–H groups in total. The number of nitrogens with one attached hydrogen (secondary N) is 1. The van der Waals surface area contributed by atoms with Crippen LogP contribution in [0.25, 0.3) is 0 Å². The molecule has 0 bridgehead atoms. The number of aromatic hydroxyl groups is 1. The van der Waals surface area contributed by atoms with Crippen LogP contribution in [0.4, 0.5) is 0 Å². The molecule has 1 saturated heterocycles. The van der Waals surface area contributed by atoms with Crippen LogP contribution in [0, 0.1) is 0 Å². The van der Waals surface area contributed by atoms with E-state index >= 15 is 0 Å². The standard InChI is InChI=1S/C14H21Cl2N3O/c1-18(6-7-19-4-2-17-3-5-19)10-11-8-12(15)9-13(16)14(11)20/h8-9,17,20H,2-7,10H2,1H3. The predicted molar refractivity (Wildman–Crippen MR) is 83.8 cm³/mol. The maximum absolute atomic E-state index is 9.95. The van der Waals surface area contributed by atoms with Gasteiger partial charge >= 0.3 is 0 Å². The maximum atomic E-state index is 9.95. The lowest BCUT2D eigenvalue weighted by molar-refractivity contribution is 0.201. The Bertz CT molecular complexity index is 450. The molecule has 4 nitrogen and oxygen atoms in total. The summed E-state index contributed by atoms with van der Waals surface area (Å²) in [5.74, 6) is 0.130. The van der Waals surface area contributed by atoms with Crippen molar-refractivity contribution in [2.45, 2.75) is 6.54 Å². The average molecular weight is 318 g/mol. The number of hydrogen-bond acceptors (Lipinski definition) is 4. The monoisotopic (exact) mass is 317 g/mol. The van der Waals surface area contributed by atoms with Crippen LogP contribution < -0.4 is 5.32 Å². The van der Waals surface area contributed by atoms with Crippen molar-refractivity contribution in [1.29, 1.82) is 0 Å². The van der Waals surface area contributed by atoms with Crippen molar-refractivity contribution in [3.05, 3.63) is 27.7 Å². The molecule has 6 heteroatoms. The van der Waals surface area contributed by atoms with E-state index in [0.29, 0.717) is 16.6 Å². The molecule has 0 saturated carbocycles. The van der Waals surface area contributed by atoms with Gasteiger partial charge in [-0.3, -0.25) is 4.90 Å². The number of rotatable bonds is 5. The number of halogens is 2. The van der Waals surface area contributed by atoms with Gasteiger partial charge in [0.05, 0.1) is 5.02 Å². The van der Waals surface area contributed by atoms with Crippen molar-refractivity contribution in [1.82, 2.24) is 15.1 Å². The number of piperazine rings is 1. The average Bonchev–Trinajstić information content (AvgIpc) is 2.43. The van der Waals surface area contributed by atoms with Gasteiger partial charge in [0, 0.05) is 56.4 Å². The fraction of sp³-hybridized carbons (Fsp3) is 0.571. The van der Waals surface area contributed by atoms with Crippen LogP contribution in [-0.2, 0) is 6.54 Å². The zero-order chi connectivity index (χ0) is 14.5. The molecule has 0 aliphatic carbocycles. The molecule has 1 aliphatic heterocycles. The third-order valence-electron chi connectivity index (χ3n) is 3.55. The van der Waals surface area contributed by atoms with E-state index in [1.165, 1.54) is 0 Å². The van der Waals surface area contributed by atoms with Crippen LogP contribution in [0.15, 0.2) is 12.1 Å². The molecule has 0 atom stereocenters. The molecule has 1 fully saturated rings. The lowest BCUT2D eigenvalue weighted by atomic mass is 10.2. The SMILES string of the molecule is CN(CCN1CCNCC1)Cc1cc(Cl)cc(Cl)c1O. The number of hydrogen-bond donors (Lipinski definition) is 2. The highest BCUT2D eigenvalue weighted by atomic mass is 35.5. The van der Waals surface area contributed by atoms with E-state index in [9.17, 15) is 5.11 Å². The molecule has 112 valence electrons. The lowest BCUT2D eigenvalue weighted by Gasteiger charge is -2.29. The minimum atomic E-state index is 0.130. The normalized spacial score (nSPS) is 16.8. The van der Waals surface area contributed by atoms with Crippen molar-refractivity contribution in [2.75, 3.05) is 46.3 Å². The number of nitrogens with zero attached hydrogens (tertiary/aromatic N) is 2. The van der Waals surface area contributed by atoms with Crippen LogP contribution in [0.2, 0.25) is 10.0 Å². The van der Waals surface area contributed by atoms with Gasteiger partial charge in [-0.15, -0.1) is 0 Å². The minimum absolute atomic E-state index is 0.130. The molecule has 0 aromatic heterocycles. The van der Waals surface area contributed by atoms with Crippen LogP contribution in [0.1, 0.15) is 5.56 Å². The third-order valence-corrected chi connectivity index (χ3v) is 4.06. The predicted octanol–water partition coefficient (Wildman–Crippen LogP) is 2.04. The smallest absolute Gasteiger partial charge is 0.138 e. The summed E-state index contributed by atoms with van der Waals surface area (Å²) in [4.78, 5) is 4.61. The Balaban J connectivity index is 1.86. The van der Waals surface area contributed by atoms with Gasteiger partial charge in [0.25, 0.3) is 0 Å². The Morgan fingerprint density at radius 1 is 1.30 bits per heavy atom. The van der Waals surface area contributed by atoms with E-state index in [-0.39, 0.29) is 5.75 Å². The highest BCUT2D eigenvalue weighted by Gasteiger charge is 2.13. The molecule has 1 aromatic carbocycles. The van der Waals surface area contributed by atoms with Crippen LogP contribution in [-0.4, -0.2) is 61.2 Å². The van der Waals surface area contributed by atoms with Gasteiger partial charge in [-0.25, -0.2) is 0 Å². The zero-order valence-corrected chi connectivity index (χ0v) is 13.2. The summed E-state index contributed by atoms with van der Waals surface area (Å²) in [6.45, 7) is 6.95. The van der Waals surface area contributed by atoms with Gasteiger partial charge in [-0.1, -0.05) is 23.2 Å².